The van der Waals surface area contributed by atoms with Gasteiger partial charge in [0, 0.05) is 23.8 Å². The van der Waals surface area contributed by atoms with Crippen molar-refractivity contribution in [1.29, 1.82) is 0 Å². The molecule has 9 heavy (non-hydrogen) atoms. The third-order valence-electron chi connectivity index (χ3n) is 1.24. The molecule has 0 aromatic heterocycles. The SMILES string of the molecule is CN1CC(OS(=O)Cl)C1. The molecule has 1 rings (SSSR count). The van der Waals surface area contributed by atoms with Crippen LogP contribution in [0.2, 0.25) is 0 Å². The van der Waals surface area contributed by atoms with Gasteiger partial charge in [0.2, 0.25) is 0 Å². The highest BCUT2D eigenvalue weighted by atomic mass is 35.7. The van der Waals surface area contributed by atoms with Crippen molar-refractivity contribution in [3.05, 3.63) is 0 Å². The molecule has 1 unspecified atom stereocenters. The van der Waals surface area contributed by atoms with Gasteiger partial charge >= 0.3 is 0 Å². The summed E-state index contributed by atoms with van der Waals surface area (Å²) >= 11 is 0. The average molecular weight is 170 g/mol. The molecule has 3 nitrogen and oxygen atoms in total. The number of rotatable bonds is 2. The van der Waals surface area contributed by atoms with Gasteiger partial charge in [-0.1, -0.05) is 0 Å². The number of hydrogen-bond donors (Lipinski definition) is 0. The molecule has 0 saturated carbocycles. The maximum Gasteiger partial charge on any atom is 0.256 e. The highest BCUT2D eigenvalue weighted by Crippen LogP contribution is 2.10. The molecule has 1 heterocycles. The first-order chi connectivity index (χ1) is 4.18. The quantitative estimate of drug-likeness (QED) is 0.551. The largest absolute Gasteiger partial charge is 0.301 e. The van der Waals surface area contributed by atoms with Gasteiger partial charge in [-0.25, -0.2) is 4.21 Å². The normalized spacial score (nSPS) is 25.6. The Morgan fingerprint density at radius 2 is 2.33 bits per heavy atom. The molecule has 0 spiro atoms. The molecule has 1 atom stereocenters. The van der Waals surface area contributed by atoms with Gasteiger partial charge in [0.05, 0.1) is 0 Å². The minimum absolute atomic E-state index is 0.0772. The van der Waals surface area contributed by atoms with Crippen LogP contribution < -0.4 is 0 Å². The van der Waals surface area contributed by atoms with Crippen LogP contribution in [0.25, 0.3) is 0 Å². The summed E-state index contributed by atoms with van der Waals surface area (Å²) in [4.78, 5) is 2.06. The van der Waals surface area contributed by atoms with Crippen molar-refractivity contribution in [3.8, 4) is 0 Å². The van der Waals surface area contributed by atoms with Crippen molar-refractivity contribution in [3.63, 3.8) is 0 Å². The monoisotopic (exact) mass is 169 g/mol. The van der Waals surface area contributed by atoms with Crippen LogP contribution in [0, 0.1) is 0 Å². The van der Waals surface area contributed by atoms with Crippen molar-refractivity contribution in [2.24, 2.45) is 0 Å². The summed E-state index contributed by atoms with van der Waals surface area (Å²) in [5.74, 6) is 0. The lowest BCUT2D eigenvalue weighted by molar-refractivity contribution is 0.0510. The van der Waals surface area contributed by atoms with Crippen molar-refractivity contribution >= 4 is 21.0 Å². The van der Waals surface area contributed by atoms with E-state index in [0.717, 1.165) is 13.1 Å². The minimum atomic E-state index is -1.61. The van der Waals surface area contributed by atoms with E-state index in [1.165, 1.54) is 0 Å². The van der Waals surface area contributed by atoms with Gasteiger partial charge in [-0.2, -0.15) is 0 Å². The molecular formula is C4H8ClNO2S. The fraction of sp³-hybridized carbons (Fsp3) is 1.00. The molecule has 1 fully saturated rings. The van der Waals surface area contributed by atoms with Crippen molar-refractivity contribution < 1.29 is 8.39 Å². The van der Waals surface area contributed by atoms with E-state index >= 15 is 0 Å². The molecule has 1 aliphatic rings. The zero-order chi connectivity index (χ0) is 6.85. The van der Waals surface area contributed by atoms with Crippen LogP contribution in [0.1, 0.15) is 0 Å². The molecule has 1 saturated heterocycles. The van der Waals surface area contributed by atoms with Gasteiger partial charge < -0.3 is 4.90 Å². The Bertz CT molecular complexity index is 126. The minimum Gasteiger partial charge on any atom is -0.301 e. The van der Waals surface area contributed by atoms with Gasteiger partial charge in [-0.15, -0.1) is 0 Å². The molecule has 0 radical (unpaired) electrons. The van der Waals surface area contributed by atoms with Crippen molar-refractivity contribution in [1.82, 2.24) is 4.90 Å². The third-order valence-corrected chi connectivity index (χ3v) is 1.88. The summed E-state index contributed by atoms with van der Waals surface area (Å²) in [5.41, 5.74) is 0. The molecule has 0 amide bonds. The first-order valence-electron chi connectivity index (χ1n) is 2.62. The topological polar surface area (TPSA) is 29.5 Å². The van der Waals surface area contributed by atoms with E-state index in [1.807, 2.05) is 7.05 Å². The van der Waals surface area contributed by atoms with E-state index < -0.39 is 10.3 Å². The maximum atomic E-state index is 10.2. The Morgan fingerprint density at radius 3 is 2.67 bits per heavy atom. The molecule has 54 valence electrons. The second kappa shape index (κ2) is 2.96. The van der Waals surface area contributed by atoms with Crippen molar-refractivity contribution in [2.45, 2.75) is 6.10 Å². The zero-order valence-electron chi connectivity index (χ0n) is 5.04. The molecule has 0 aromatic rings. The Morgan fingerprint density at radius 1 is 1.78 bits per heavy atom. The maximum absolute atomic E-state index is 10.2. The van der Waals surface area contributed by atoms with Gasteiger partial charge in [0.15, 0.2) is 0 Å². The Balaban J connectivity index is 2.11. The van der Waals surface area contributed by atoms with Gasteiger partial charge in [-0.05, 0) is 7.05 Å². The van der Waals surface area contributed by atoms with Crippen LogP contribution in [0.15, 0.2) is 0 Å². The number of hydrogen-bond acceptors (Lipinski definition) is 3. The van der Waals surface area contributed by atoms with Crippen LogP contribution in [0.5, 0.6) is 0 Å². The summed E-state index contributed by atoms with van der Waals surface area (Å²) in [6.07, 6.45) is 0.0772. The standard InChI is InChI=1S/C4H8ClNO2S/c1-6-2-4(3-6)8-9(5)7/h4H,2-3H2,1H3. The van der Waals surface area contributed by atoms with Crippen LogP contribution in [0.4, 0.5) is 0 Å². The lowest BCUT2D eigenvalue weighted by Crippen LogP contribution is -2.49. The highest BCUT2D eigenvalue weighted by Gasteiger charge is 2.25. The number of halogens is 1. The summed E-state index contributed by atoms with van der Waals surface area (Å²) in [6.45, 7) is 1.66. The van der Waals surface area contributed by atoms with Crippen LogP contribution in [0.3, 0.4) is 0 Å². The molecule has 0 aromatic carbocycles. The van der Waals surface area contributed by atoms with E-state index in [0.29, 0.717) is 0 Å². The van der Waals surface area contributed by atoms with Crippen LogP contribution in [-0.2, 0) is 14.5 Å². The first kappa shape index (κ1) is 7.47. The predicted molar refractivity (Wildman–Crippen MR) is 36.4 cm³/mol. The van der Waals surface area contributed by atoms with Crippen LogP contribution in [-0.4, -0.2) is 35.3 Å². The predicted octanol–water partition coefficient (Wildman–Crippen LogP) is 0.134. The van der Waals surface area contributed by atoms with Crippen molar-refractivity contribution in [2.75, 3.05) is 20.1 Å². The number of likely N-dealkylation sites (N-methyl/N-ethyl adjacent to an activating group) is 1. The van der Waals surface area contributed by atoms with Gasteiger partial charge in [-0.3, -0.25) is 4.18 Å². The molecule has 0 bridgehead atoms. The van der Waals surface area contributed by atoms with E-state index in [-0.39, 0.29) is 6.10 Å². The van der Waals surface area contributed by atoms with Gasteiger partial charge in [0.1, 0.15) is 6.10 Å². The lowest BCUT2D eigenvalue weighted by atomic mass is 10.2. The summed E-state index contributed by atoms with van der Waals surface area (Å²) < 4.78 is 14.9. The fourth-order valence-corrected chi connectivity index (χ4v) is 1.45. The number of likely N-dealkylation sites (tertiary alicyclic amines) is 1. The van der Waals surface area contributed by atoms with E-state index in [2.05, 4.69) is 4.90 Å². The Labute approximate surface area is 61.1 Å². The second-order valence-corrected chi connectivity index (χ2v) is 3.47. The molecule has 0 N–H and O–H groups in total. The van der Waals surface area contributed by atoms with E-state index in [9.17, 15) is 4.21 Å². The molecule has 5 heteroatoms. The number of nitrogens with zero attached hydrogens (tertiary/aromatic N) is 1. The third kappa shape index (κ3) is 2.21. The zero-order valence-corrected chi connectivity index (χ0v) is 6.61. The van der Waals surface area contributed by atoms with Crippen LogP contribution >= 0.6 is 10.7 Å². The van der Waals surface area contributed by atoms with E-state index in [1.54, 1.807) is 0 Å². The second-order valence-electron chi connectivity index (χ2n) is 2.13. The smallest absolute Gasteiger partial charge is 0.256 e. The average Bonchev–Trinajstić information content (AvgIpc) is 1.60. The van der Waals surface area contributed by atoms with E-state index in [4.69, 9.17) is 14.9 Å². The fourth-order valence-electron chi connectivity index (χ4n) is 0.810. The summed E-state index contributed by atoms with van der Waals surface area (Å²) in [7, 11) is 5.42. The molecule has 0 aliphatic carbocycles. The Hall–Kier alpha value is 0.360. The molecule has 1 aliphatic heterocycles. The highest BCUT2D eigenvalue weighted by molar-refractivity contribution is 8.04. The Kier molecular flexibility index (Phi) is 2.46. The first-order valence-corrected chi connectivity index (χ1v) is 4.52. The van der Waals surface area contributed by atoms with Gasteiger partial charge in [0.25, 0.3) is 10.3 Å². The lowest BCUT2D eigenvalue weighted by Gasteiger charge is -2.33. The molecular weight excluding hydrogens is 162 g/mol. The summed E-state index contributed by atoms with van der Waals surface area (Å²) in [6, 6.07) is 0. The summed E-state index contributed by atoms with van der Waals surface area (Å²) in [5, 5.41) is 0.